The summed E-state index contributed by atoms with van der Waals surface area (Å²) in [6, 6.07) is 0. The molecule has 0 saturated carbocycles. The molecule has 68 heavy (non-hydrogen) atoms. The molecule has 0 heterocycles. The average Bonchev–Trinajstić information content (AvgIpc) is 3.33. The van der Waals surface area contributed by atoms with E-state index in [4.69, 9.17) is 24.3 Å². The first kappa shape index (κ1) is 65.2. The number of allylic oxidation sites excluding steroid dienone is 14. The minimum atomic E-state index is -4.38. The van der Waals surface area contributed by atoms with Crippen LogP contribution in [0.25, 0.3) is 0 Å². The van der Waals surface area contributed by atoms with Crippen molar-refractivity contribution in [1.29, 1.82) is 0 Å². The smallest absolute Gasteiger partial charge is 0.462 e. The lowest BCUT2D eigenvalue weighted by Gasteiger charge is -2.19. The van der Waals surface area contributed by atoms with Crippen LogP contribution in [0.4, 0.5) is 0 Å². The van der Waals surface area contributed by atoms with Gasteiger partial charge < -0.3 is 20.1 Å². The third-order valence-corrected chi connectivity index (χ3v) is 12.5. The molecule has 0 fully saturated rings. The number of rotatable bonds is 51. The molecule has 0 aliphatic heterocycles. The fourth-order valence-electron chi connectivity index (χ4n) is 7.50. The average molecular weight is 972 g/mol. The first-order valence-electron chi connectivity index (χ1n) is 27.6. The third-order valence-electron chi connectivity index (χ3n) is 11.5. The highest BCUT2D eigenvalue weighted by Crippen LogP contribution is 2.43. The normalized spacial score (nSPS) is 13.8. The molecule has 0 aliphatic rings. The Hall–Kier alpha value is -2.81. The van der Waals surface area contributed by atoms with Crippen LogP contribution in [-0.2, 0) is 32.7 Å². The van der Waals surface area contributed by atoms with Gasteiger partial charge >= 0.3 is 19.8 Å². The topological polar surface area (TPSA) is 134 Å². The van der Waals surface area contributed by atoms with E-state index in [9.17, 15) is 19.0 Å². The van der Waals surface area contributed by atoms with Gasteiger partial charge in [0.15, 0.2) is 6.10 Å². The highest BCUT2D eigenvalue weighted by Gasteiger charge is 2.26. The fraction of sp³-hybridized carbons (Fsp3) is 0.724. The summed E-state index contributed by atoms with van der Waals surface area (Å²) in [5.74, 6) is -0.827. The first-order valence-corrected chi connectivity index (χ1v) is 29.1. The maximum atomic E-state index is 12.7. The second-order valence-corrected chi connectivity index (χ2v) is 19.5. The Morgan fingerprint density at radius 1 is 0.456 bits per heavy atom. The van der Waals surface area contributed by atoms with Gasteiger partial charge in [-0.2, -0.15) is 0 Å². The summed E-state index contributed by atoms with van der Waals surface area (Å²) in [6.07, 6.45) is 69.3. The van der Waals surface area contributed by atoms with Gasteiger partial charge in [-0.3, -0.25) is 18.6 Å². The first-order chi connectivity index (χ1) is 33.3. The molecule has 9 nitrogen and oxygen atoms in total. The molecule has 0 aromatic heterocycles. The molecule has 0 aromatic rings. The number of phosphoric ester groups is 1. The molecule has 10 heteroatoms. The molecule has 0 rings (SSSR count). The molecule has 0 amide bonds. The number of nitrogens with two attached hydrogens (primary N) is 1. The SMILES string of the molecule is CC/C=C\C/C=C\C/C=C\C/C=C\C/C=C\C/C=C\C/C=C\CCCCCCCCCCCCCCCC(=O)OC(COC(=O)CCCCCCCCCCCCCC)COP(=O)(O)OCCN. The van der Waals surface area contributed by atoms with E-state index in [1.165, 1.54) is 122 Å². The van der Waals surface area contributed by atoms with Gasteiger partial charge in [0.25, 0.3) is 0 Å². The maximum absolute atomic E-state index is 12.7. The second kappa shape index (κ2) is 53.5. The molecule has 2 unspecified atom stereocenters. The van der Waals surface area contributed by atoms with Crippen LogP contribution in [-0.4, -0.2) is 49.3 Å². The predicted molar refractivity (Wildman–Crippen MR) is 289 cm³/mol. The molecular weight excluding hydrogens is 870 g/mol. The van der Waals surface area contributed by atoms with Gasteiger partial charge in [0, 0.05) is 19.4 Å². The number of hydrogen-bond acceptors (Lipinski definition) is 8. The summed E-state index contributed by atoms with van der Waals surface area (Å²) in [5.41, 5.74) is 5.37. The summed E-state index contributed by atoms with van der Waals surface area (Å²) in [7, 11) is -4.38. The number of esters is 2. The number of carbonyl (C=O) groups is 2. The van der Waals surface area contributed by atoms with E-state index in [-0.39, 0.29) is 38.6 Å². The summed E-state index contributed by atoms with van der Waals surface area (Å²) >= 11 is 0. The van der Waals surface area contributed by atoms with E-state index in [1.54, 1.807) is 0 Å². The number of carbonyl (C=O) groups excluding carboxylic acids is 2. The van der Waals surface area contributed by atoms with E-state index in [2.05, 4.69) is 98.9 Å². The molecule has 3 N–H and O–H groups in total. The Balaban J connectivity index is 3.91. The lowest BCUT2D eigenvalue weighted by molar-refractivity contribution is -0.161. The van der Waals surface area contributed by atoms with Crippen molar-refractivity contribution in [2.45, 2.75) is 245 Å². The van der Waals surface area contributed by atoms with Gasteiger partial charge in [-0.15, -0.1) is 0 Å². The molecule has 2 atom stereocenters. The van der Waals surface area contributed by atoms with Crippen LogP contribution >= 0.6 is 7.82 Å². The van der Waals surface area contributed by atoms with Gasteiger partial charge in [-0.05, 0) is 70.6 Å². The molecule has 0 spiro atoms. The van der Waals surface area contributed by atoms with E-state index in [0.717, 1.165) is 83.5 Å². The van der Waals surface area contributed by atoms with Gasteiger partial charge in [0.05, 0.1) is 13.2 Å². The zero-order chi connectivity index (χ0) is 49.5. The Labute approximate surface area is 417 Å². The van der Waals surface area contributed by atoms with Crippen LogP contribution < -0.4 is 5.73 Å². The van der Waals surface area contributed by atoms with Crippen molar-refractivity contribution < 1.29 is 37.6 Å². The molecule has 392 valence electrons. The minimum Gasteiger partial charge on any atom is -0.462 e. The Morgan fingerprint density at radius 3 is 1.21 bits per heavy atom. The number of phosphoric acid groups is 1. The molecule has 0 bridgehead atoms. The summed E-state index contributed by atoms with van der Waals surface area (Å²) in [6.45, 7) is 3.63. The van der Waals surface area contributed by atoms with Crippen LogP contribution in [0.1, 0.15) is 239 Å². The minimum absolute atomic E-state index is 0.0519. The van der Waals surface area contributed by atoms with Crippen LogP contribution in [0.3, 0.4) is 0 Å². The molecule has 0 aromatic carbocycles. The van der Waals surface area contributed by atoms with Crippen LogP contribution in [0.2, 0.25) is 0 Å². The van der Waals surface area contributed by atoms with Crippen molar-refractivity contribution in [3.8, 4) is 0 Å². The van der Waals surface area contributed by atoms with E-state index < -0.39 is 26.5 Å². The Morgan fingerprint density at radius 2 is 0.809 bits per heavy atom. The van der Waals surface area contributed by atoms with Crippen molar-refractivity contribution in [3.05, 3.63) is 85.1 Å². The molecule has 0 aliphatic carbocycles. The lowest BCUT2D eigenvalue weighted by atomic mass is 10.0. The van der Waals surface area contributed by atoms with Crippen molar-refractivity contribution in [1.82, 2.24) is 0 Å². The summed E-state index contributed by atoms with van der Waals surface area (Å²) in [5, 5.41) is 0. The number of unbranched alkanes of at least 4 members (excludes halogenated alkanes) is 24. The van der Waals surface area contributed by atoms with Crippen molar-refractivity contribution in [3.63, 3.8) is 0 Å². The zero-order valence-electron chi connectivity index (χ0n) is 43.6. The van der Waals surface area contributed by atoms with Crippen molar-refractivity contribution in [2.24, 2.45) is 5.73 Å². The third kappa shape index (κ3) is 52.6. The van der Waals surface area contributed by atoms with Crippen molar-refractivity contribution in [2.75, 3.05) is 26.4 Å². The number of hydrogen-bond donors (Lipinski definition) is 2. The summed E-state index contributed by atoms with van der Waals surface area (Å²) in [4.78, 5) is 35.0. The monoisotopic (exact) mass is 972 g/mol. The van der Waals surface area contributed by atoms with Crippen LogP contribution in [0.5, 0.6) is 0 Å². The largest absolute Gasteiger partial charge is 0.472 e. The van der Waals surface area contributed by atoms with E-state index >= 15 is 0 Å². The van der Waals surface area contributed by atoms with Crippen LogP contribution in [0, 0.1) is 0 Å². The van der Waals surface area contributed by atoms with Gasteiger partial charge in [0.1, 0.15) is 6.61 Å². The zero-order valence-corrected chi connectivity index (χ0v) is 44.5. The molecule has 0 radical (unpaired) electrons. The Kier molecular flexibility index (Phi) is 51.3. The molecule has 0 saturated heterocycles. The van der Waals surface area contributed by atoms with E-state index in [0.29, 0.717) is 6.42 Å². The highest BCUT2D eigenvalue weighted by molar-refractivity contribution is 7.47. The fourth-order valence-corrected chi connectivity index (χ4v) is 8.26. The van der Waals surface area contributed by atoms with Gasteiger partial charge in [-0.25, -0.2) is 4.57 Å². The van der Waals surface area contributed by atoms with Gasteiger partial charge in [-0.1, -0.05) is 240 Å². The van der Waals surface area contributed by atoms with Crippen LogP contribution in [0.15, 0.2) is 85.1 Å². The second-order valence-electron chi connectivity index (χ2n) is 18.1. The molecular formula is C58H102NO8P. The predicted octanol–water partition coefficient (Wildman–Crippen LogP) is 17.1. The number of ether oxygens (including phenoxy) is 2. The standard InChI is InChI=1S/C58H102NO8P/c1-3-5-7-9-11-13-15-17-18-19-20-21-22-23-24-25-26-27-28-29-30-31-32-33-34-35-36-37-38-39-41-43-45-47-49-51-58(61)67-56(55-66-68(62,63)65-53-52-59)54-64-57(60)50-48-46-44-42-40-16-14-12-10-8-6-4-2/h5,7,11,13,17-18,20-21,23-24,26-27,29-30,56H,3-4,6,8-10,12,14-16,19,22,25,28,31-55,59H2,1-2H3,(H,62,63)/b7-5-,13-11-,18-17-,21-20-,24-23-,27-26-,30-29-. The summed E-state index contributed by atoms with van der Waals surface area (Å²) < 4.78 is 32.9. The maximum Gasteiger partial charge on any atom is 0.472 e. The quantitative estimate of drug-likeness (QED) is 0.0264. The van der Waals surface area contributed by atoms with Gasteiger partial charge in [0.2, 0.25) is 0 Å². The highest BCUT2D eigenvalue weighted by atomic mass is 31.2. The van der Waals surface area contributed by atoms with Crippen molar-refractivity contribution >= 4 is 19.8 Å². The lowest BCUT2D eigenvalue weighted by Crippen LogP contribution is -2.29. The van der Waals surface area contributed by atoms with E-state index in [1.807, 2.05) is 0 Å². The Bertz CT molecular complexity index is 1390.